The van der Waals surface area contributed by atoms with E-state index in [0.717, 1.165) is 12.2 Å². The Labute approximate surface area is 122 Å². The van der Waals surface area contributed by atoms with E-state index in [4.69, 9.17) is 0 Å². The summed E-state index contributed by atoms with van der Waals surface area (Å²) in [6.07, 6.45) is 3.70. The van der Waals surface area contributed by atoms with Gasteiger partial charge in [-0.15, -0.1) is 0 Å². The fourth-order valence-electron chi connectivity index (χ4n) is 2.88. The second-order valence-corrected chi connectivity index (χ2v) is 6.11. The van der Waals surface area contributed by atoms with Crippen LogP contribution in [0.3, 0.4) is 0 Å². The smallest absolute Gasteiger partial charge is 0.238 e. The van der Waals surface area contributed by atoms with Crippen LogP contribution in [0.2, 0.25) is 0 Å². The van der Waals surface area contributed by atoms with Gasteiger partial charge in [0.1, 0.15) is 0 Å². The molecular formula is C17H26N2O. The lowest BCUT2D eigenvalue weighted by Gasteiger charge is -2.32. The Hall–Kier alpha value is -1.35. The molecule has 0 bridgehead atoms. The minimum atomic E-state index is 0.104. The number of nitrogens with zero attached hydrogens (tertiary/aromatic N) is 1. The van der Waals surface area contributed by atoms with Crippen molar-refractivity contribution in [3.8, 4) is 0 Å². The molecule has 1 saturated heterocycles. The van der Waals surface area contributed by atoms with Gasteiger partial charge in [0.2, 0.25) is 5.91 Å². The van der Waals surface area contributed by atoms with Crippen molar-refractivity contribution in [1.82, 2.24) is 4.90 Å². The molecule has 1 fully saturated rings. The molecule has 1 atom stereocenters. The molecular weight excluding hydrogens is 248 g/mol. The summed E-state index contributed by atoms with van der Waals surface area (Å²) >= 11 is 0. The molecule has 0 radical (unpaired) electrons. The molecule has 0 spiro atoms. The van der Waals surface area contributed by atoms with Crippen LogP contribution in [0, 0.1) is 0 Å². The fraction of sp³-hybridized carbons (Fsp3) is 0.588. The van der Waals surface area contributed by atoms with Crippen LogP contribution in [0.5, 0.6) is 0 Å². The van der Waals surface area contributed by atoms with Crippen molar-refractivity contribution in [2.45, 2.75) is 52.0 Å². The summed E-state index contributed by atoms with van der Waals surface area (Å²) in [5.74, 6) is 0.521. The highest BCUT2D eigenvalue weighted by Gasteiger charge is 2.20. The summed E-state index contributed by atoms with van der Waals surface area (Å²) in [7, 11) is 0. The molecule has 20 heavy (non-hydrogen) atoms. The van der Waals surface area contributed by atoms with Crippen LogP contribution in [0.25, 0.3) is 0 Å². The normalized spacial score (nSPS) is 20.1. The first-order chi connectivity index (χ1) is 9.58. The summed E-state index contributed by atoms with van der Waals surface area (Å²) in [6, 6.07) is 8.61. The molecule has 1 unspecified atom stereocenters. The highest BCUT2D eigenvalue weighted by Crippen LogP contribution is 2.24. The summed E-state index contributed by atoms with van der Waals surface area (Å²) in [6.45, 7) is 8.07. The first kappa shape index (κ1) is 15.0. The van der Waals surface area contributed by atoms with Crippen LogP contribution in [-0.2, 0) is 4.79 Å². The number of carbonyl (C=O) groups excluding carboxylic acids is 1. The second-order valence-electron chi connectivity index (χ2n) is 6.11. The van der Waals surface area contributed by atoms with E-state index >= 15 is 0 Å². The minimum Gasteiger partial charge on any atom is -0.325 e. The van der Waals surface area contributed by atoms with Crippen LogP contribution in [-0.4, -0.2) is 29.9 Å². The molecule has 3 nitrogen and oxygen atoms in total. The first-order valence-corrected chi connectivity index (χ1v) is 7.70. The Morgan fingerprint density at radius 3 is 2.80 bits per heavy atom. The van der Waals surface area contributed by atoms with Gasteiger partial charge in [0.15, 0.2) is 0 Å². The van der Waals surface area contributed by atoms with E-state index < -0.39 is 0 Å². The fourth-order valence-corrected chi connectivity index (χ4v) is 2.88. The third kappa shape index (κ3) is 3.83. The Balaban J connectivity index is 1.97. The van der Waals surface area contributed by atoms with Crippen LogP contribution in [0.1, 0.15) is 51.5 Å². The van der Waals surface area contributed by atoms with Crippen LogP contribution >= 0.6 is 0 Å². The number of nitrogens with one attached hydrogen (secondary N) is 1. The quantitative estimate of drug-likeness (QED) is 0.909. The van der Waals surface area contributed by atoms with E-state index in [-0.39, 0.29) is 5.91 Å². The molecule has 1 heterocycles. The number of piperidine rings is 1. The maximum absolute atomic E-state index is 12.2. The van der Waals surface area contributed by atoms with Gasteiger partial charge in [0.05, 0.1) is 6.54 Å². The maximum Gasteiger partial charge on any atom is 0.238 e. The Bertz CT molecular complexity index is 456. The number of hydrogen-bond acceptors (Lipinski definition) is 2. The van der Waals surface area contributed by atoms with Crippen molar-refractivity contribution in [2.24, 2.45) is 0 Å². The van der Waals surface area contributed by atoms with Crippen molar-refractivity contribution in [3.63, 3.8) is 0 Å². The van der Waals surface area contributed by atoms with Crippen LogP contribution in [0.15, 0.2) is 24.3 Å². The van der Waals surface area contributed by atoms with Gasteiger partial charge in [-0.25, -0.2) is 0 Å². The third-order valence-electron chi connectivity index (χ3n) is 4.14. The van der Waals surface area contributed by atoms with E-state index in [1.807, 2.05) is 18.2 Å². The lowest BCUT2D eigenvalue weighted by Crippen LogP contribution is -2.42. The van der Waals surface area contributed by atoms with Gasteiger partial charge in [0, 0.05) is 11.7 Å². The molecule has 1 aliphatic heterocycles. The Morgan fingerprint density at radius 2 is 2.10 bits per heavy atom. The van der Waals surface area contributed by atoms with Crippen LogP contribution in [0.4, 0.5) is 5.69 Å². The lowest BCUT2D eigenvalue weighted by molar-refractivity contribution is -0.118. The summed E-state index contributed by atoms with van der Waals surface area (Å²) in [4.78, 5) is 14.5. The second kappa shape index (κ2) is 6.89. The number of benzene rings is 1. The number of amides is 1. The predicted octanol–water partition coefficient (Wildman–Crippen LogP) is 3.62. The third-order valence-corrected chi connectivity index (χ3v) is 4.14. The molecule has 0 aromatic heterocycles. The molecule has 1 N–H and O–H groups in total. The van der Waals surface area contributed by atoms with Gasteiger partial charge in [-0.3, -0.25) is 9.69 Å². The molecule has 110 valence electrons. The largest absolute Gasteiger partial charge is 0.325 e. The minimum absolute atomic E-state index is 0.104. The van der Waals surface area contributed by atoms with E-state index in [2.05, 4.69) is 37.1 Å². The number of rotatable bonds is 4. The first-order valence-electron chi connectivity index (χ1n) is 7.70. The maximum atomic E-state index is 12.2. The van der Waals surface area contributed by atoms with Gasteiger partial charge >= 0.3 is 0 Å². The zero-order chi connectivity index (χ0) is 14.5. The van der Waals surface area contributed by atoms with Gasteiger partial charge < -0.3 is 5.32 Å². The average molecular weight is 274 g/mol. The summed E-state index contributed by atoms with van der Waals surface area (Å²) < 4.78 is 0. The number of para-hydroxylation sites is 1. The van der Waals surface area contributed by atoms with Crippen molar-refractivity contribution < 1.29 is 4.79 Å². The summed E-state index contributed by atoms with van der Waals surface area (Å²) in [5, 5.41) is 3.08. The zero-order valence-electron chi connectivity index (χ0n) is 12.9. The molecule has 3 heteroatoms. The van der Waals surface area contributed by atoms with Crippen LogP contribution < -0.4 is 5.32 Å². The topological polar surface area (TPSA) is 32.3 Å². The van der Waals surface area contributed by atoms with Crippen molar-refractivity contribution >= 4 is 11.6 Å². The molecule has 1 aliphatic rings. The SMILES string of the molecule is CC(C)c1ccccc1NC(=O)CN1CCCCC1C. The Morgan fingerprint density at radius 1 is 1.35 bits per heavy atom. The molecule has 1 aromatic rings. The van der Waals surface area contributed by atoms with E-state index in [9.17, 15) is 4.79 Å². The number of anilines is 1. The zero-order valence-corrected chi connectivity index (χ0v) is 12.9. The highest BCUT2D eigenvalue weighted by molar-refractivity contribution is 5.93. The highest BCUT2D eigenvalue weighted by atomic mass is 16.2. The van der Waals surface area contributed by atoms with Gasteiger partial charge in [-0.1, -0.05) is 38.5 Å². The van der Waals surface area contributed by atoms with Gasteiger partial charge in [-0.05, 0) is 43.9 Å². The lowest BCUT2D eigenvalue weighted by atomic mass is 10.0. The standard InChI is InChI=1S/C17H26N2O/c1-13(2)15-9-4-5-10-16(15)18-17(20)12-19-11-7-6-8-14(19)3/h4-5,9-10,13-14H,6-8,11-12H2,1-3H3,(H,18,20). The number of hydrogen-bond donors (Lipinski definition) is 1. The molecule has 0 saturated carbocycles. The van der Waals surface area contributed by atoms with Crippen molar-refractivity contribution in [3.05, 3.63) is 29.8 Å². The monoisotopic (exact) mass is 274 g/mol. The van der Waals surface area contributed by atoms with E-state index in [0.29, 0.717) is 18.5 Å². The van der Waals surface area contributed by atoms with Gasteiger partial charge in [0.25, 0.3) is 0 Å². The average Bonchev–Trinajstić information content (AvgIpc) is 2.41. The van der Waals surface area contributed by atoms with Crippen molar-refractivity contribution in [1.29, 1.82) is 0 Å². The predicted molar refractivity (Wildman–Crippen MR) is 84.0 cm³/mol. The molecule has 1 amide bonds. The number of likely N-dealkylation sites (tertiary alicyclic amines) is 1. The van der Waals surface area contributed by atoms with Gasteiger partial charge in [-0.2, -0.15) is 0 Å². The molecule has 2 rings (SSSR count). The van der Waals surface area contributed by atoms with E-state index in [1.165, 1.54) is 24.8 Å². The molecule has 1 aromatic carbocycles. The number of carbonyl (C=O) groups is 1. The van der Waals surface area contributed by atoms with E-state index in [1.54, 1.807) is 0 Å². The summed E-state index contributed by atoms with van der Waals surface area (Å²) in [5.41, 5.74) is 2.16. The Kier molecular flexibility index (Phi) is 5.18. The van der Waals surface area contributed by atoms with Crippen molar-refractivity contribution in [2.75, 3.05) is 18.4 Å². The molecule has 0 aliphatic carbocycles.